The zero-order chi connectivity index (χ0) is 21.4. The molecule has 29 heavy (non-hydrogen) atoms. The molecular formula is C20H24N2O6S. The first-order chi connectivity index (χ1) is 13.7. The van der Waals surface area contributed by atoms with Crippen molar-refractivity contribution in [2.75, 3.05) is 32.6 Å². The Morgan fingerprint density at radius 1 is 1.07 bits per heavy atom. The fourth-order valence-electron chi connectivity index (χ4n) is 2.26. The molecule has 0 aromatic heterocycles. The van der Waals surface area contributed by atoms with Crippen molar-refractivity contribution in [3.63, 3.8) is 0 Å². The number of nitrogens with one attached hydrogen (secondary N) is 1. The average Bonchev–Trinajstić information content (AvgIpc) is 2.71. The van der Waals surface area contributed by atoms with E-state index in [1.807, 2.05) is 6.92 Å². The zero-order valence-electron chi connectivity index (χ0n) is 16.5. The van der Waals surface area contributed by atoms with Crippen LogP contribution in [0, 0.1) is 0 Å². The van der Waals surface area contributed by atoms with Gasteiger partial charge in [-0.05, 0) is 48.9 Å². The van der Waals surface area contributed by atoms with Gasteiger partial charge in [-0.3, -0.25) is 4.79 Å². The van der Waals surface area contributed by atoms with Crippen LogP contribution in [0.3, 0.4) is 0 Å². The molecule has 156 valence electrons. The lowest BCUT2D eigenvalue weighted by atomic mass is 10.2. The number of sulfonamides is 1. The highest BCUT2D eigenvalue weighted by Crippen LogP contribution is 2.18. The highest BCUT2D eigenvalue weighted by Gasteiger charge is 2.18. The molecule has 0 fully saturated rings. The summed E-state index contributed by atoms with van der Waals surface area (Å²) in [7, 11) is -0.782. The Morgan fingerprint density at radius 3 is 2.38 bits per heavy atom. The summed E-state index contributed by atoms with van der Waals surface area (Å²) in [5.74, 6) is -0.583. The molecule has 9 heteroatoms. The highest BCUT2D eigenvalue weighted by molar-refractivity contribution is 7.89. The minimum atomic E-state index is -3.62. The molecule has 1 N–H and O–H groups in total. The standard InChI is InChI=1S/C20H24N2O6S/c1-4-12-27-17-10-8-15(9-11-17)20(24)28-14-19(23)21-16-6-5-7-18(13-16)29(25,26)22(2)3/h5-11,13H,4,12,14H2,1-3H3,(H,21,23). The number of hydrogen-bond donors (Lipinski definition) is 1. The van der Waals surface area contributed by atoms with Gasteiger partial charge in [-0.2, -0.15) is 0 Å². The van der Waals surface area contributed by atoms with Crippen LogP contribution in [-0.4, -0.2) is 51.9 Å². The topological polar surface area (TPSA) is 102 Å². The van der Waals surface area contributed by atoms with Crippen LogP contribution in [0.4, 0.5) is 5.69 Å². The fraction of sp³-hybridized carbons (Fsp3) is 0.300. The van der Waals surface area contributed by atoms with Gasteiger partial charge in [-0.25, -0.2) is 17.5 Å². The molecule has 0 atom stereocenters. The molecule has 1 amide bonds. The summed E-state index contributed by atoms with van der Waals surface area (Å²) in [6, 6.07) is 12.3. The van der Waals surface area contributed by atoms with Gasteiger partial charge in [0.25, 0.3) is 5.91 Å². The van der Waals surface area contributed by atoms with Gasteiger partial charge in [-0.1, -0.05) is 13.0 Å². The zero-order valence-corrected chi connectivity index (χ0v) is 17.4. The van der Waals surface area contributed by atoms with E-state index in [2.05, 4.69) is 5.32 Å². The molecule has 0 aliphatic rings. The number of benzene rings is 2. The third-order valence-electron chi connectivity index (χ3n) is 3.79. The molecule has 0 spiro atoms. The van der Waals surface area contributed by atoms with Gasteiger partial charge in [0, 0.05) is 19.8 Å². The Hall–Kier alpha value is -2.91. The van der Waals surface area contributed by atoms with E-state index in [9.17, 15) is 18.0 Å². The third-order valence-corrected chi connectivity index (χ3v) is 5.60. The highest BCUT2D eigenvalue weighted by atomic mass is 32.2. The average molecular weight is 420 g/mol. The number of carbonyl (C=O) groups excluding carboxylic acids is 2. The van der Waals surface area contributed by atoms with Crippen LogP contribution < -0.4 is 10.1 Å². The summed E-state index contributed by atoms with van der Waals surface area (Å²) >= 11 is 0. The van der Waals surface area contributed by atoms with Gasteiger partial charge >= 0.3 is 5.97 Å². The van der Waals surface area contributed by atoms with E-state index in [0.29, 0.717) is 17.9 Å². The van der Waals surface area contributed by atoms with Crippen molar-refractivity contribution in [3.8, 4) is 5.75 Å². The van der Waals surface area contributed by atoms with Gasteiger partial charge in [0.2, 0.25) is 10.0 Å². The molecule has 0 unspecified atom stereocenters. The Kier molecular flexibility index (Phi) is 7.74. The maximum Gasteiger partial charge on any atom is 0.338 e. The van der Waals surface area contributed by atoms with E-state index in [1.54, 1.807) is 30.3 Å². The summed E-state index contributed by atoms with van der Waals surface area (Å²) in [5.41, 5.74) is 0.576. The number of ether oxygens (including phenoxy) is 2. The minimum Gasteiger partial charge on any atom is -0.494 e. The van der Waals surface area contributed by atoms with Crippen LogP contribution in [-0.2, 0) is 19.6 Å². The Balaban J connectivity index is 1.92. The quantitative estimate of drug-likeness (QED) is 0.626. The fourth-order valence-corrected chi connectivity index (χ4v) is 3.21. The Labute approximate surface area is 170 Å². The van der Waals surface area contributed by atoms with Crippen molar-refractivity contribution in [2.45, 2.75) is 18.2 Å². The van der Waals surface area contributed by atoms with Gasteiger partial charge in [0.15, 0.2) is 6.61 Å². The molecule has 0 bridgehead atoms. The molecule has 0 saturated heterocycles. The van der Waals surface area contributed by atoms with Crippen LogP contribution in [0.2, 0.25) is 0 Å². The van der Waals surface area contributed by atoms with Crippen LogP contribution in [0.1, 0.15) is 23.7 Å². The maximum atomic E-state index is 12.2. The molecule has 2 aromatic rings. The molecule has 0 aliphatic carbocycles. The van der Waals surface area contributed by atoms with Crippen molar-refractivity contribution >= 4 is 27.6 Å². The lowest BCUT2D eigenvalue weighted by molar-refractivity contribution is -0.119. The van der Waals surface area contributed by atoms with Gasteiger partial charge in [0.1, 0.15) is 5.75 Å². The Bertz CT molecular complexity index is 955. The number of anilines is 1. The number of amides is 1. The molecule has 2 rings (SSSR count). The number of esters is 1. The summed E-state index contributed by atoms with van der Waals surface area (Å²) < 4.78 is 35.8. The van der Waals surface area contributed by atoms with E-state index >= 15 is 0 Å². The molecule has 2 aromatic carbocycles. The number of rotatable bonds is 9. The first kappa shape index (κ1) is 22.4. The number of nitrogens with zero attached hydrogens (tertiary/aromatic N) is 1. The van der Waals surface area contributed by atoms with E-state index < -0.39 is 28.5 Å². The van der Waals surface area contributed by atoms with Crippen LogP contribution in [0.25, 0.3) is 0 Å². The normalized spacial score (nSPS) is 11.2. The third kappa shape index (κ3) is 6.30. The van der Waals surface area contributed by atoms with Crippen molar-refractivity contribution in [3.05, 3.63) is 54.1 Å². The molecule has 0 heterocycles. The minimum absolute atomic E-state index is 0.0441. The smallest absolute Gasteiger partial charge is 0.338 e. The van der Waals surface area contributed by atoms with Gasteiger partial charge < -0.3 is 14.8 Å². The first-order valence-electron chi connectivity index (χ1n) is 8.96. The Morgan fingerprint density at radius 2 is 1.76 bits per heavy atom. The predicted octanol–water partition coefficient (Wildman–Crippen LogP) is 2.52. The second-order valence-corrected chi connectivity index (χ2v) is 8.46. The molecule has 0 saturated carbocycles. The molecule has 0 radical (unpaired) electrons. The van der Waals surface area contributed by atoms with Crippen molar-refractivity contribution < 1.29 is 27.5 Å². The molecule has 8 nitrogen and oxygen atoms in total. The van der Waals surface area contributed by atoms with E-state index in [4.69, 9.17) is 9.47 Å². The monoisotopic (exact) mass is 420 g/mol. The van der Waals surface area contributed by atoms with Crippen LogP contribution >= 0.6 is 0 Å². The van der Waals surface area contributed by atoms with Crippen molar-refractivity contribution in [1.82, 2.24) is 4.31 Å². The summed E-state index contributed by atoms with van der Waals surface area (Å²) in [5, 5.41) is 2.51. The largest absolute Gasteiger partial charge is 0.494 e. The summed E-state index contributed by atoms with van der Waals surface area (Å²) in [6.45, 7) is 2.08. The maximum absolute atomic E-state index is 12.2. The lowest BCUT2D eigenvalue weighted by Crippen LogP contribution is -2.23. The SMILES string of the molecule is CCCOc1ccc(C(=O)OCC(=O)Nc2cccc(S(=O)(=O)N(C)C)c2)cc1. The van der Waals surface area contributed by atoms with Crippen LogP contribution in [0.5, 0.6) is 5.75 Å². The van der Waals surface area contributed by atoms with Gasteiger partial charge in [-0.15, -0.1) is 0 Å². The van der Waals surface area contributed by atoms with E-state index in [1.165, 1.54) is 32.3 Å². The first-order valence-corrected chi connectivity index (χ1v) is 10.4. The molecular weight excluding hydrogens is 396 g/mol. The van der Waals surface area contributed by atoms with Crippen LogP contribution in [0.15, 0.2) is 53.4 Å². The second kappa shape index (κ2) is 10.0. The molecule has 0 aliphatic heterocycles. The second-order valence-electron chi connectivity index (χ2n) is 6.31. The predicted molar refractivity (Wildman–Crippen MR) is 108 cm³/mol. The van der Waals surface area contributed by atoms with Crippen molar-refractivity contribution in [2.24, 2.45) is 0 Å². The van der Waals surface area contributed by atoms with E-state index in [0.717, 1.165) is 10.7 Å². The van der Waals surface area contributed by atoms with E-state index in [-0.39, 0.29) is 10.6 Å². The van der Waals surface area contributed by atoms with Crippen molar-refractivity contribution in [1.29, 1.82) is 0 Å². The lowest BCUT2D eigenvalue weighted by Gasteiger charge is -2.12. The summed E-state index contributed by atoms with van der Waals surface area (Å²) in [6.07, 6.45) is 0.878. The number of hydrogen-bond acceptors (Lipinski definition) is 6. The number of carbonyl (C=O) groups is 2. The van der Waals surface area contributed by atoms with Gasteiger partial charge in [0.05, 0.1) is 17.1 Å². The summed E-state index contributed by atoms with van der Waals surface area (Å²) in [4.78, 5) is 24.2.